The van der Waals surface area contributed by atoms with Crippen molar-refractivity contribution in [2.45, 2.75) is 6.42 Å². The molecule has 1 amide bonds. The Hall–Kier alpha value is -1.56. The molecule has 1 aromatic rings. The minimum absolute atomic E-state index is 0.0357. The fraction of sp³-hybridized carbons (Fsp3) is 0.385. The number of carboxylic acids is 1. The summed E-state index contributed by atoms with van der Waals surface area (Å²) in [7, 11) is 1.42. The molecule has 5 nitrogen and oxygen atoms in total. The fourth-order valence-corrected chi connectivity index (χ4v) is 2.68. The maximum atomic E-state index is 12.0. The Balaban J connectivity index is 2.45. The van der Waals surface area contributed by atoms with Crippen LogP contribution in [0, 0.1) is 5.92 Å². The van der Waals surface area contributed by atoms with E-state index in [-0.39, 0.29) is 23.1 Å². The summed E-state index contributed by atoms with van der Waals surface area (Å²) in [5.41, 5.74) is 0.439. The van der Waals surface area contributed by atoms with Crippen molar-refractivity contribution in [3.63, 3.8) is 0 Å². The molecule has 1 N–H and O–H groups in total. The summed E-state index contributed by atoms with van der Waals surface area (Å²) >= 11 is 3.36. The first-order valence-electron chi connectivity index (χ1n) is 5.85. The molecule has 0 radical (unpaired) electrons. The number of nitrogens with zero attached hydrogens (tertiary/aromatic N) is 1. The van der Waals surface area contributed by atoms with Gasteiger partial charge in [-0.05, 0) is 18.1 Å². The van der Waals surface area contributed by atoms with Crippen LogP contribution in [0.1, 0.15) is 16.8 Å². The van der Waals surface area contributed by atoms with E-state index in [0.29, 0.717) is 18.7 Å². The van der Waals surface area contributed by atoms with Gasteiger partial charge in [-0.3, -0.25) is 4.79 Å². The average molecular weight is 328 g/mol. The molecule has 0 spiro atoms. The molecule has 6 heteroatoms. The van der Waals surface area contributed by atoms with Crippen molar-refractivity contribution in [2.24, 2.45) is 5.92 Å². The highest BCUT2D eigenvalue weighted by molar-refractivity contribution is 9.09. The third-order valence-electron chi connectivity index (χ3n) is 3.15. The summed E-state index contributed by atoms with van der Waals surface area (Å²) in [6, 6.07) is 4.91. The first-order valence-corrected chi connectivity index (χ1v) is 6.97. The van der Waals surface area contributed by atoms with Gasteiger partial charge in [0.25, 0.3) is 0 Å². The van der Waals surface area contributed by atoms with Crippen molar-refractivity contribution in [1.82, 2.24) is 0 Å². The Morgan fingerprint density at radius 1 is 1.58 bits per heavy atom. The van der Waals surface area contributed by atoms with Crippen LogP contribution in [-0.2, 0) is 4.79 Å². The van der Waals surface area contributed by atoms with Gasteiger partial charge in [-0.1, -0.05) is 22.0 Å². The van der Waals surface area contributed by atoms with E-state index < -0.39 is 5.97 Å². The largest absolute Gasteiger partial charge is 0.496 e. The third kappa shape index (κ3) is 2.58. The van der Waals surface area contributed by atoms with Crippen molar-refractivity contribution < 1.29 is 19.4 Å². The lowest BCUT2D eigenvalue weighted by Gasteiger charge is -2.20. The van der Waals surface area contributed by atoms with Gasteiger partial charge in [0.2, 0.25) is 5.91 Å². The zero-order valence-corrected chi connectivity index (χ0v) is 12.0. The quantitative estimate of drug-likeness (QED) is 0.860. The number of carboxylic acid groups (broad SMARTS) is 1. The lowest BCUT2D eigenvalue weighted by Crippen LogP contribution is -2.26. The number of aromatic carboxylic acids is 1. The Morgan fingerprint density at radius 2 is 2.32 bits per heavy atom. The maximum absolute atomic E-state index is 12.0. The molecule has 19 heavy (non-hydrogen) atoms. The molecule has 1 heterocycles. The molecule has 1 atom stereocenters. The number of halogens is 1. The molecule has 102 valence electrons. The Labute approximate surface area is 119 Å². The lowest BCUT2D eigenvalue weighted by molar-refractivity contribution is -0.117. The van der Waals surface area contributed by atoms with Gasteiger partial charge in [0, 0.05) is 18.3 Å². The third-order valence-corrected chi connectivity index (χ3v) is 4.07. The van der Waals surface area contributed by atoms with Crippen LogP contribution in [0.5, 0.6) is 5.75 Å². The van der Waals surface area contributed by atoms with Crippen LogP contribution >= 0.6 is 15.9 Å². The van der Waals surface area contributed by atoms with E-state index >= 15 is 0 Å². The van der Waals surface area contributed by atoms with Gasteiger partial charge in [0.15, 0.2) is 0 Å². The van der Waals surface area contributed by atoms with Crippen LogP contribution < -0.4 is 9.64 Å². The number of hydrogen-bond donors (Lipinski definition) is 1. The van der Waals surface area contributed by atoms with Gasteiger partial charge in [0.1, 0.15) is 11.3 Å². The number of carbonyl (C=O) groups excluding carboxylic acids is 1. The molecule has 0 aromatic heterocycles. The van der Waals surface area contributed by atoms with Gasteiger partial charge in [-0.15, -0.1) is 0 Å². The van der Waals surface area contributed by atoms with Crippen molar-refractivity contribution in [3.05, 3.63) is 23.8 Å². The second-order valence-corrected chi connectivity index (χ2v) is 5.04. The molecule has 2 rings (SSSR count). The fourth-order valence-electron chi connectivity index (χ4n) is 2.25. The Morgan fingerprint density at radius 3 is 2.84 bits per heavy atom. The predicted molar refractivity (Wildman–Crippen MR) is 74.2 cm³/mol. The maximum Gasteiger partial charge on any atom is 0.341 e. The van der Waals surface area contributed by atoms with Gasteiger partial charge in [-0.2, -0.15) is 0 Å². The zero-order chi connectivity index (χ0) is 14.0. The normalized spacial score (nSPS) is 18.7. The monoisotopic (exact) mass is 327 g/mol. The van der Waals surface area contributed by atoms with Gasteiger partial charge < -0.3 is 14.7 Å². The van der Waals surface area contributed by atoms with Gasteiger partial charge in [0.05, 0.1) is 12.8 Å². The summed E-state index contributed by atoms with van der Waals surface area (Å²) in [4.78, 5) is 24.9. The number of rotatable bonds is 4. The van der Waals surface area contributed by atoms with Crippen molar-refractivity contribution in [1.29, 1.82) is 0 Å². The van der Waals surface area contributed by atoms with Crippen LogP contribution in [-0.4, -0.2) is 36.0 Å². The summed E-state index contributed by atoms with van der Waals surface area (Å²) in [5.74, 6) is -0.678. The van der Waals surface area contributed by atoms with Crippen LogP contribution in [0.2, 0.25) is 0 Å². The number of anilines is 1. The van der Waals surface area contributed by atoms with E-state index in [0.717, 1.165) is 5.33 Å². The second-order valence-electron chi connectivity index (χ2n) is 4.39. The van der Waals surface area contributed by atoms with Crippen LogP contribution in [0.25, 0.3) is 0 Å². The summed E-state index contributed by atoms with van der Waals surface area (Å²) in [5, 5.41) is 10.0. The number of amides is 1. The Kier molecular flexibility index (Phi) is 4.09. The highest BCUT2D eigenvalue weighted by atomic mass is 79.9. The van der Waals surface area contributed by atoms with E-state index in [1.165, 1.54) is 12.0 Å². The zero-order valence-electron chi connectivity index (χ0n) is 10.4. The van der Waals surface area contributed by atoms with Crippen LogP contribution in [0.3, 0.4) is 0 Å². The molecule has 1 saturated heterocycles. The number of methoxy groups -OCH3 is 1. The van der Waals surface area contributed by atoms with E-state index in [9.17, 15) is 14.7 Å². The standard InChI is InChI=1S/C13H14BrNO4/c1-19-10-4-2-3-9(12(10)13(17)18)15-7-8(6-14)5-11(15)16/h2-4,8H,5-7H2,1H3,(H,17,18). The first kappa shape index (κ1) is 13.9. The average Bonchev–Trinajstić information content (AvgIpc) is 2.78. The molecule has 0 bridgehead atoms. The SMILES string of the molecule is COc1cccc(N2CC(CBr)CC2=O)c1C(=O)O. The van der Waals surface area contributed by atoms with Crippen molar-refractivity contribution in [3.8, 4) is 5.75 Å². The highest BCUT2D eigenvalue weighted by Crippen LogP contribution is 2.33. The smallest absolute Gasteiger partial charge is 0.341 e. The van der Waals surface area contributed by atoms with Crippen molar-refractivity contribution >= 4 is 33.5 Å². The molecular weight excluding hydrogens is 314 g/mol. The molecular formula is C13H14BrNO4. The van der Waals surface area contributed by atoms with Gasteiger partial charge >= 0.3 is 5.97 Å². The summed E-state index contributed by atoms with van der Waals surface area (Å²) in [6.07, 6.45) is 0.432. The van der Waals surface area contributed by atoms with Crippen LogP contribution in [0.4, 0.5) is 5.69 Å². The molecule has 1 unspecified atom stereocenters. The Bertz CT molecular complexity index is 517. The molecule has 1 fully saturated rings. The second kappa shape index (κ2) is 5.61. The number of alkyl halides is 1. The minimum atomic E-state index is -1.09. The lowest BCUT2D eigenvalue weighted by atomic mass is 10.1. The molecule has 0 saturated carbocycles. The van der Waals surface area contributed by atoms with Gasteiger partial charge in [-0.25, -0.2) is 4.79 Å². The van der Waals surface area contributed by atoms with E-state index in [4.69, 9.17) is 4.74 Å². The summed E-state index contributed by atoms with van der Waals surface area (Å²) < 4.78 is 5.07. The first-order chi connectivity index (χ1) is 9.08. The number of benzene rings is 1. The predicted octanol–water partition coefficient (Wildman–Crippen LogP) is 2.14. The highest BCUT2D eigenvalue weighted by Gasteiger charge is 2.33. The number of ether oxygens (including phenoxy) is 1. The van der Waals surface area contributed by atoms with E-state index in [2.05, 4.69) is 15.9 Å². The summed E-state index contributed by atoms with van der Waals surface area (Å²) in [6.45, 7) is 0.525. The van der Waals surface area contributed by atoms with Crippen molar-refractivity contribution in [2.75, 3.05) is 23.9 Å². The van der Waals surface area contributed by atoms with E-state index in [1.807, 2.05) is 0 Å². The molecule has 1 aliphatic heterocycles. The molecule has 1 aliphatic rings. The van der Waals surface area contributed by atoms with E-state index in [1.54, 1.807) is 18.2 Å². The topological polar surface area (TPSA) is 66.8 Å². The minimum Gasteiger partial charge on any atom is -0.496 e. The number of hydrogen-bond acceptors (Lipinski definition) is 3. The molecule has 1 aromatic carbocycles. The number of carbonyl (C=O) groups is 2. The van der Waals surface area contributed by atoms with Crippen LogP contribution in [0.15, 0.2) is 18.2 Å². The molecule has 0 aliphatic carbocycles.